The van der Waals surface area contributed by atoms with Crippen LogP contribution < -0.4 is 5.73 Å². The first kappa shape index (κ1) is 14.0. The quantitative estimate of drug-likeness (QED) is 0.498. The maximum absolute atomic E-state index is 11.3. The largest absolute Gasteiger partial charge is 0.465 e. The fourth-order valence-corrected chi connectivity index (χ4v) is 1.76. The zero-order valence-electron chi connectivity index (χ0n) is 10.8. The molecule has 0 aliphatic carbocycles. The van der Waals surface area contributed by atoms with Crippen molar-refractivity contribution in [1.29, 1.82) is 0 Å². The Balaban J connectivity index is 2.25. The zero-order chi connectivity index (χ0) is 14.5. The van der Waals surface area contributed by atoms with Crippen LogP contribution >= 0.6 is 11.6 Å². The monoisotopic (exact) mass is 285 g/mol. The van der Waals surface area contributed by atoms with Gasteiger partial charge in [0.05, 0.1) is 12.7 Å². The van der Waals surface area contributed by atoms with Crippen LogP contribution in [-0.2, 0) is 4.74 Å². The summed E-state index contributed by atoms with van der Waals surface area (Å²) in [7, 11) is 1.35. The standard InChI is InChI=1S/C16H12ClNO2/c1-20-16(19)12-5-2-11(3-6-12)4-7-13-10-14(17)8-9-15(13)18/h2-3,5-6,8-10H,18H2,1H3. The molecule has 3 nitrogen and oxygen atoms in total. The number of methoxy groups -OCH3 is 1. The highest BCUT2D eigenvalue weighted by Gasteiger charge is 2.03. The van der Waals surface area contributed by atoms with Gasteiger partial charge in [0.25, 0.3) is 0 Å². The number of rotatable bonds is 1. The van der Waals surface area contributed by atoms with Crippen molar-refractivity contribution >= 4 is 23.3 Å². The molecule has 0 radical (unpaired) electrons. The lowest BCUT2D eigenvalue weighted by Crippen LogP contribution is -2.00. The van der Waals surface area contributed by atoms with E-state index in [9.17, 15) is 4.79 Å². The van der Waals surface area contributed by atoms with Crippen LogP contribution in [-0.4, -0.2) is 13.1 Å². The van der Waals surface area contributed by atoms with E-state index >= 15 is 0 Å². The third-order valence-electron chi connectivity index (χ3n) is 2.66. The minimum Gasteiger partial charge on any atom is -0.465 e. The van der Waals surface area contributed by atoms with E-state index in [0.717, 1.165) is 5.56 Å². The van der Waals surface area contributed by atoms with E-state index in [2.05, 4.69) is 16.6 Å². The third-order valence-corrected chi connectivity index (χ3v) is 2.90. The Morgan fingerprint density at radius 1 is 1.15 bits per heavy atom. The second-order valence-corrected chi connectivity index (χ2v) is 4.49. The lowest BCUT2D eigenvalue weighted by Gasteiger charge is -1.99. The summed E-state index contributed by atoms with van der Waals surface area (Å²) in [5.41, 5.74) is 8.33. The predicted molar refractivity (Wildman–Crippen MR) is 79.6 cm³/mol. The highest BCUT2D eigenvalue weighted by atomic mass is 35.5. The highest BCUT2D eigenvalue weighted by Crippen LogP contribution is 2.16. The van der Waals surface area contributed by atoms with Crippen molar-refractivity contribution in [2.75, 3.05) is 12.8 Å². The average molecular weight is 286 g/mol. The minimum atomic E-state index is -0.372. The van der Waals surface area contributed by atoms with Gasteiger partial charge in [-0.1, -0.05) is 23.4 Å². The minimum absolute atomic E-state index is 0.372. The van der Waals surface area contributed by atoms with Gasteiger partial charge < -0.3 is 10.5 Å². The van der Waals surface area contributed by atoms with Gasteiger partial charge in [-0.2, -0.15) is 0 Å². The van der Waals surface area contributed by atoms with Gasteiger partial charge in [-0.05, 0) is 42.5 Å². The summed E-state index contributed by atoms with van der Waals surface area (Å²) in [6.07, 6.45) is 0. The number of benzene rings is 2. The molecule has 0 unspecified atom stereocenters. The molecule has 0 heterocycles. The molecule has 0 aliphatic heterocycles. The van der Waals surface area contributed by atoms with Gasteiger partial charge in [-0.25, -0.2) is 4.79 Å². The molecule has 4 heteroatoms. The molecule has 0 atom stereocenters. The number of halogens is 1. The molecule has 2 aromatic carbocycles. The van der Waals surface area contributed by atoms with Gasteiger partial charge in [-0.15, -0.1) is 0 Å². The van der Waals surface area contributed by atoms with Gasteiger partial charge in [0.15, 0.2) is 0 Å². The molecular weight excluding hydrogens is 274 g/mol. The molecule has 2 aromatic rings. The van der Waals surface area contributed by atoms with Crippen LogP contribution in [0.5, 0.6) is 0 Å². The van der Waals surface area contributed by atoms with E-state index in [1.54, 1.807) is 42.5 Å². The van der Waals surface area contributed by atoms with Crippen molar-refractivity contribution in [1.82, 2.24) is 0 Å². The van der Waals surface area contributed by atoms with Crippen molar-refractivity contribution in [3.63, 3.8) is 0 Å². The van der Waals surface area contributed by atoms with Gasteiger partial charge in [0.2, 0.25) is 0 Å². The molecule has 100 valence electrons. The van der Waals surface area contributed by atoms with E-state index in [1.165, 1.54) is 7.11 Å². The predicted octanol–water partition coefficient (Wildman–Crippen LogP) is 3.11. The number of carbonyl (C=O) groups is 1. The third kappa shape index (κ3) is 3.31. The molecule has 2 rings (SSSR count). The van der Waals surface area contributed by atoms with E-state index in [-0.39, 0.29) is 5.97 Å². The summed E-state index contributed by atoms with van der Waals surface area (Å²) in [4.78, 5) is 11.3. The zero-order valence-corrected chi connectivity index (χ0v) is 11.6. The van der Waals surface area contributed by atoms with E-state index in [1.807, 2.05) is 0 Å². The van der Waals surface area contributed by atoms with Crippen molar-refractivity contribution in [2.24, 2.45) is 0 Å². The molecule has 2 N–H and O–H groups in total. The van der Waals surface area contributed by atoms with E-state index < -0.39 is 0 Å². The van der Waals surface area contributed by atoms with Gasteiger partial charge in [0, 0.05) is 21.8 Å². The highest BCUT2D eigenvalue weighted by molar-refractivity contribution is 6.30. The molecule has 0 aromatic heterocycles. The second kappa shape index (κ2) is 6.14. The molecule has 0 saturated heterocycles. The molecule has 0 saturated carbocycles. The summed E-state index contributed by atoms with van der Waals surface area (Å²) in [6, 6.07) is 12.0. The Morgan fingerprint density at radius 2 is 1.85 bits per heavy atom. The lowest BCUT2D eigenvalue weighted by molar-refractivity contribution is 0.0601. The second-order valence-electron chi connectivity index (χ2n) is 4.05. The van der Waals surface area contributed by atoms with Crippen LogP contribution in [0.3, 0.4) is 0 Å². The number of ether oxygens (including phenoxy) is 1. The summed E-state index contributed by atoms with van der Waals surface area (Å²) >= 11 is 5.90. The number of hydrogen-bond donors (Lipinski definition) is 1. The fourth-order valence-electron chi connectivity index (χ4n) is 1.58. The Kier molecular flexibility index (Phi) is 4.29. The van der Waals surface area contributed by atoms with Crippen LogP contribution in [0.1, 0.15) is 21.5 Å². The summed E-state index contributed by atoms with van der Waals surface area (Å²) < 4.78 is 4.63. The maximum Gasteiger partial charge on any atom is 0.337 e. The van der Waals surface area contributed by atoms with Crippen LogP contribution in [0.4, 0.5) is 5.69 Å². The van der Waals surface area contributed by atoms with Gasteiger partial charge >= 0.3 is 5.97 Å². The van der Waals surface area contributed by atoms with E-state index in [0.29, 0.717) is 21.8 Å². The van der Waals surface area contributed by atoms with Crippen LogP contribution in [0.25, 0.3) is 0 Å². The first-order valence-electron chi connectivity index (χ1n) is 5.85. The van der Waals surface area contributed by atoms with Crippen molar-refractivity contribution in [2.45, 2.75) is 0 Å². The van der Waals surface area contributed by atoms with Crippen LogP contribution in [0, 0.1) is 11.8 Å². The van der Waals surface area contributed by atoms with Crippen molar-refractivity contribution in [3.05, 3.63) is 64.2 Å². The molecule has 0 spiro atoms. The lowest BCUT2D eigenvalue weighted by atomic mass is 10.1. The molecule has 0 aliphatic rings. The Bertz CT molecular complexity index is 697. The number of nitrogens with two attached hydrogens (primary N) is 1. The van der Waals surface area contributed by atoms with Crippen molar-refractivity contribution < 1.29 is 9.53 Å². The smallest absolute Gasteiger partial charge is 0.337 e. The van der Waals surface area contributed by atoms with Crippen LogP contribution in [0.2, 0.25) is 5.02 Å². The normalized spacial score (nSPS) is 9.50. The Hall–Kier alpha value is -2.44. The molecule has 0 fully saturated rings. The Morgan fingerprint density at radius 3 is 2.50 bits per heavy atom. The average Bonchev–Trinajstić information content (AvgIpc) is 2.48. The van der Waals surface area contributed by atoms with Crippen molar-refractivity contribution in [3.8, 4) is 11.8 Å². The van der Waals surface area contributed by atoms with E-state index in [4.69, 9.17) is 17.3 Å². The molecular formula is C16H12ClNO2. The summed E-state index contributed by atoms with van der Waals surface area (Å²) in [5.74, 6) is 5.56. The van der Waals surface area contributed by atoms with Gasteiger partial charge in [-0.3, -0.25) is 0 Å². The Labute approximate surface area is 122 Å². The number of carbonyl (C=O) groups excluding carboxylic acids is 1. The molecule has 0 amide bonds. The molecule has 20 heavy (non-hydrogen) atoms. The maximum atomic E-state index is 11.3. The van der Waals surface area contributed by atoms with Gasteiger partial charge in [0.1, 0.15) is 0 Å². The SMILES string of the molecule is COC(=O)c1ccc(C#Cc2cc(Cl)ccc2N)cc1. The van der Waals surface area contributed by atoms with Crippen LogP contribution in [0.15, 0.2) is 42.5 Å². The number of hydrogen-bond acceptors (Lipinski definition) is 3. The number of nitrogen functional groups attached to an aromatic ring is 1. The topological polar surface area (TPSA) is 52.3 Å². The number of esters is 1. The molecule has 0 bridgehead atoms. The fraction of sp³-hybridized carbons (Fsp3) is 0.0625. The summed E-state index contributed by atoms with van der Waals surface area (Å²) in [6.45, 7) is 0. The first-order valence-corrected chi connectivity index (χ1v) is 6.23. The number of anilines is 1. The summed E-state index contributed by atoms with van der Waals surface area (Å²) in [5, 5.41) is 0.588. The first-order chi connectivity index (χ1) is 9.60.